The summed E-state index contributed by atoms with van der Waals surface area (Å²) in [5, 5.41) is 6.96. The van der Waals surface area contributed by atoms with Gasteiger partial charge in [0.2, 0.25) is 0 Å². The molecule has 27 heavy (non-hydrogen) atoms. The highest BCUT2D eigenvalue weighted by Crippen LogP contribution is 2.34. The summed E-state index contributed by atoms with van der Waals surface area (Å²) < 4.78 is 11.3. The van der Waals surface area contributed by atoms with Crippen molar-refractivity contribution in [2.45, 2.75) is 50.5 Å². The van der Waals surface area contributed by atoms with Gasteiger partial charge in [-0.05, 0) is 58.0 Å². The maximum absolute atomic E-state index is 5.96. The number of aliphatic imine (C=N–C) groups is 1. The molecule has 2 bridgehead atoms. The molecular weight excluding hydrogens is 455 g/mol. The molecule has 2 saturated heterocycles. The average molecular weight is 488 g/mol. The second-order valence-electron chi connectivity index (χ2n) is 7.34. The van der Waals surface area contributed by atoms with Crippen molar-refractivity contribution in [2.24, 2.45) is 4.99 Å². The molecule has 2 aliphatic heterocycles. The van der Waals surface area contributed by atoms with Crippen LogP contribution < -0.4 is 15.4 Å². The van der Waals surface area contributed by atoms with E-state index < -0.39 is 0 Å². The van der Waals surface area contributed by atoms with Crippen LogP contribution in [0, 0.1) is 0 Å². The molecule has 2 heterocycles. The van der Waals surface area contributed by atoms with Gasteiger partial charge in [0.1, 0.15) is 5.75 Å². The Labute approximate surface area is 180 Å². The molecule has 3 rings (SSSR count). The van der Waals surface area contributed by atoms with Crippen molar-refractivity contribution in [2.75, 3.05) is 34.3 Å². The van der Waals surface area contributed by atoms with Crippen LogP contribution in [0.15, 0.2) is 29.3 Å². The average Bonchev–Trinajstić information content (AvgIpc) is 3.25. The lowest BCUT2D eigenvalue weighted by molar-refractivity contribution is 0.0992. The van der Waals surface area contributed by atoms with Gasteiger partial charge in [0.15, 0.2) is 5.96 Å². The first-order valence-corrected chi connectivity index (χ1v) is 9.61. The van der Waals surface area contributed by atoms with Gasteiger partial charge < -0.3 is 25.0 Å². The first-order valence-electron chi connectivity index (χ1n) is 9.61. The van der Waals surface area contributed by atoms with Crippen molar-refractivity contribution in [3.63, 3.8) is 0 Å². The fraction of sp³-hybridized carbons (Fsp3) is 0.650. The van der Waals surface area contributed by atoms with E-state index in [0.29, 0.717) is 24.8 Å². The summed E-state index contributed by atoms with van der Waals surface area (Å²) in [5.41, 5.74) is 1.21. The summed E-state index contributed by atoms with van der Waals surface area (Å²) in [6.07, 6.45) is 4.22. The minimum atomic E-state index is 0. The van der Waals surface area contributed by atoms with Crippen LogP contribution in [-0.4, -0.2) is 63.4 Å². The number of nitrogens with one attached hydrogen (secondary N) is 2. The van der Waals surface area contributed by atoms with Crippen molar-refractivity contribution < 1.29 is 9.47 Å². The number of methoxy groups -OCH3 is 1. The lowest BCUT2D eigenvalue weighted by Gasteiger charge is -2.26. The van der Waals surface area contributed by atoms with Gasteiger partial charge in [-0.2, -0.15) is 0 Å². The Morgan fingerprint density at radius 3 is 2.78 bits per heavy atom. The summed E-state index contributed by atoms with van der Waals surface area (Å²) in [4.78, 5) is 7.07. The molecule has 1 aromatic rings. The molecule has 0 aliphatic carbocycles. The molecule has 7 heteroatoms. The van der Waals surface area contributed by atoms with Crippen molar-refractivity contribution >= 4 is 29.9 Å². The van der Waals surface area contributed by atoms with E-state index in [1.54, 1.807) is 7.11 Å². The van der Waals surface area contributed by atoms with E-state index in [1.165, 1.54) is 12.0 Å². The van der Waals surface area contributed by atoms with Gasteiger partial charge in [0.05, 0.1) is 37.9 Å². The van der Waals surface area contributed by atoms with Crippen LogP contribution in [0.5, 0.6) is 5.75 Å². The maximum Gasteiger partial charge on any atom is 0.191 e. The Hall–Kier alpha value is -1.06. The third-order valence-electron chi connectivity index (χ3n) is 5.30. The fourth-order valence-corrected chi connectivity index (χ4v) is 3.88. The molecule has 4 atom stereocenters. The first kappa shape index (κ1) is 22.2. The van der Waals surface area contributed by atoms with Crippen molar-refractivity contribution in [3.8, 4) is 5.75 Å². The quantitative estimate of drug-likeness (QED) is 0.351. The summed E-state index contributed by atoms with van der Waals surface area (Å²) in [6, 6.07) is 8.79. The Morgan fingerprint density at radius 2 is 2.19 bits per heavy atom. The number of fused-ring (bicyclic) bond motifs is 2. The SMILES string of the molecule is CCNC(=NCC(c1cccc(OC)c1)N(C)C)NC1CC2CCC1O2.I. The van der Waals surface area contributed by atoms with E-state index in [0.717, 1.165) is 31.1 Å². The predicted molar refractivity (Wildman–Crippen MR) is 120 cm³/mol. The van der Waals surface area contributed by atoms with Gasteiger partial charge in [-0.1, -0.05) is 12.1 Å². The molecule has 0 spiro atoms. The van der Waals surface area contributed by atoms with Crippen LogP contribution in [-0.2, 0) is 4.74 Å². The van der Waals surface area contributed by atoms with E-state index in [2.05, 4.69) is 48.7 Å². The highest BCUT2D eigenvalue weighted by atomic mass is 127. The standard InChI is InChI=1S/C20H32N4O2.HI/c1-5-21-20(23-17-12-16-9-10-19(17)26-16)22-13-18(24(2)3)14-7-6-8-15(11-14)25-4;/h6-8,11,16-19H,5,9-10,12-13H2,1-4H3,(H2,21,22,23);1H. The third-order valence-corrected chi connectivity index (χ3v) is 5.30. The number of benzene rings is 1. The van der Waals surface area contributed by atoms with Gasteiger partial charge in [-0.15, -0.1) is 24.0 Å². The lowest BCUT2D eigenvalue weighted by atomic mass is 9.96. The molecule has 0 radical (unpaired) electrons. The number of halogens is 1. The molecule has 2 aliphatic rings. The van der Waals surface area contributed by atoms with Gasteiger partial charge >= 0.3 is 0 Å². The summed E-state index contributed by atoms with van der Waals surface area (Å²) in [6.45, 7) is 3.62. The molecule has 0 aromatic heterocycles. The van der Waals surface area contributed by atoms with Gasteiger partial charge in [-0.3, -0.25) is 4.99 Å². The number of nitrogens with zero attached hydrogens (tertiary/aromatic N) is 2. The Morgan fingerprint density at radius 1 is 1.37 bits per heavy atom. The summed E-state index contributed by atoms with van der Waals surface area (Å²) in [7, 11) is 5.88. The Balaban J connectivity index is 0.00000261. The largest absolute Gasteiger partial charge is 0.497 e. The van der Waals surface area contributed by atoms with Gasteiger partial charge in [0.25, 0.3) is 0 Å². The number of ether oxygens (including phenoxy) is 2. The van der Waals surface area contributed by atoms with E-state index in [4.69, 9.17) is 14.5 Å². The number of hydrogen-bond acceptors (Lipinski definition) is 4. The molecule has 4 unspecified atom stereocenters. The highest BCUT2D eigenvalue weighted by Gasteiger charge is 2.41. The summed E-state index contributed by atoms with van der Waals surface area (Å²) >= 11 is 0. The van der Waals surface area contributed by atoms with Crippen molar-refractivity contribution in [1.29, 1.82) is 0 Å². The zero-order chi connectivity index (χ0) is 18.5. The molecular formula is C20H33IN4O2. The third kappa shape index (κ3) is 5.71. The van der Waals surface area contributed by atoms with E-state index in [1.807, 2.05) is 12.1 Å². The smallest absolute Gasteiger partial charge is 0.191 e. The monoisotopic (exact) mass is 488 g/mol. The van der Waals surface area contributed by atoms with Crippen molar-refractivity contribution in [3.05, 3.63) is 29.8 Å². The molecule has 1 aromatic carbocycles. The van der Waals surface area contributed by atoms with Crippen molar-refractivity contribution in [1.82, 2.24) is 15.5 Å². The maximum atomic E-state index is 5.96. The zero-order valence-electron chi connectivity index (χ0n) is 16.8. The van der Waals surface area contributed by atoms with Gasteiger partial charge in [0, 0.05) is 6.54 Å². The van der Waals surface area contributed by atoms with Crippen LogP contribution in [0.1, 0.15) is 37.8 Å². The zero-order valence-corrected chi connectivity index (χ0v) is 19.1. The minimum absolute atomic E-state index is 0. The number of likely N-dealkylation sites (N-methyl/N-ethyl adjacent to an activating group) is 1. The van der Waals surface area contributed by atoms with Gasteiger partial charge in [-0.25, -0.2) is 0 Å². The van der Waals surface area contributed by atoms with E-state index in [9.17, 15) is 0 Å². The number of rotatable bonds is 7. The van der Waals surface area contributed by atoms with E-state index in [-0.39, 0.29) is 30.0 Å². The first-order chi connectivity index (χ1) is 12.6. The number of hydrogen-bond donors (Lipinski definition) is 2. The molecule has 2 fully saturated rings. The van der Waals surface area contributed by atoms with Crippen LogP contribution in [0.4, 0.5) is 0 Å². The predicted octanol–water partition coefficient (Wildman–Crippen LogP) is 2.79. The van der Waals surface area contributed by atoms with Crippen LogP contribution in [0.25, 0.3) is 0 Å². The number of guanidine groups is 1. The molecule has 0 saturated carbocycles. The molecule has 6 nitrogen and oxygen atoms in total. The Kier molecular flexibility index (Phi) is 8.62. The van der Waals surface area contributed by atoms with Crippen LogP contribution >= 0.6 is 24.0 Å². The second-order valence-corrected chi connectivity index (χ2v) is 7.34. The normalized spacial score (nSPS) is 25.2. The molecule has 0 amide bonds. The molecule has 2 N–H and O–H groups in total. The van der Waals surface area contributed by atoms with Crippen LogP contribution in [0.2, 0.25) is 0 Å². The summed E-state index contributed by atoms with van der Waals surface area (Å²) in [5.74, 6) is 1.76. The molecule has 152 valence electrons. The van der Waals surface area contributed by atoms with E-state index >= 15 is 0 Å². The van der Waals surface area contributed by atoms with Crippen LogP contribution in [0.3, 0.4) is 0 Å². The Bertz CT molecular complexity index is 626. The topological polar surface area (TPSA) is 58.1 Å². The minimum Gasteiger partial charge on any atom is -0.497 e. The highest BCUT2D eigenvalue weighted by molar-refractivity contribution is 14.0. The lowest BCUT2D eigenvalue weighted by Crippen LogP contribution is -2.47. The second kappa shape index (κ2) is 10.5. The fourth-order valence-electron chi connectivity index (χ4n) is 3.88.